The maximum atomic E-state index is 13.8. The van der Waals surface area contributed by atoms with Crippen LogP contribution in [0, 0.1) is 5.82 Å². The van der Waals surface area contributed by atoms with Gasteiger partial charge in [-0.05, 0) is 18.2 Å². The molecule has 0 atom stereocenters. The molecule has 1 amide bonds. The zero-order valence-corrected chi connectivity index (χ0v) is 13.1. The predicted molar refractivity (Wildman–Crippen MR) is 79.9 cm³/mol. The third-order valence-electron chi connectivity index (χ3n) is 2.78. The van der Waals surface area contributed by atoms with Crippen LogP contribution in [-0.4, -0.2) is 48.7 Å². The van der Waals surface area contributed by atoms with Crippen LogP contribution in [0.15, 0.2) is 27.8 Å². The molecule has 1 rings (SSSR count). The summed E-state index contributed by atoms with van der Waals surface area (Å²) in [5, 5.41) is 11.4. The van der Waals surface area contributed by atoms with E-state index < -0.39 is 11.7 Å². The molecule has 21 heavy (non-hydrogen) atoms. The summed E-state index contributed by atoms with van der Waals surface area (Å²) >= 11 is 3.21. The van der Waals surface area contributed by atoms with Gasteiger partial charge in [-0.25, -0.2) is 4.39 Å². The summed E-state index contributed by atoms with van der Waals surface area (Å²) in [4.78, 5) is 13.8. The fourth-order valence-electron chi connectivity index (χ4n) is 1.65. The molecule has 6 nitrogen and oxygen atoms in total. The van der Waals surface area contributed by atoms with Gasteiger partial charge in [0.05, 0.1) is 12.2 Å². The number of carbonyl (C=O) groups excluding carboxylic acids is 1. The van der Waals surface area contributed by atoms with Gasteiger partial charge in [-0.2, -0.15) is 0 Å². The third-order valence-corrected chi connectivity index (χ3v) is 3.27. The summed E-state index contributed by atoms with van der Waals surface area (Å²) in [6.07, 6.45) is 0.182. The molecule has 8 heteroatoms. The van der Waals surface area contributed by atoms with Gasteiger partial charge < -0.3 is 20.6 Å². The van der Waals surface area contributed by atoms with Crippen molar-refractivity contribution < 1.29 is 19.1 Å². The van der Waals surface area contributed by atoms with Crippen molar-refractivity contribution >= 4 is 27.7 Å². The van der Waals surface area contributed by atoms with Crippen LogP contribution in [-0.2, 0) is 4.74 Å². The average Bonchev–Trinajstić information content (AvgIpc) is 2.48. The van der Waals surface area contributed by atoms with Crippen LogP contribution in [0.3, 0.4) is 0 Å². The minimum atomic E-state index is -0.602. The monoisotopic (exact) mass is 361 g/mol. The van der Waals surface area contributed by atoms with Crippen LogP contribution < -0.4 is 5.73 Å². The van der Waals surface area contributed by atoms with Gasteiger partial charge in [0.25, 0.3) is 5.91 Å². The standard InChI is InChI=1S/C13H17BrFN3O3/c1-21-7-6-18(5-4-12(16)17-20)13(19)10-8-9(14)2-3-11(10)15/h2-3,8,20H,4-7H2,1H3,(H2,16,17). The second-order valence-electron chi connectivity index (χ2n) is 4.25. The number of benzene rings is 1. The molecular formula is C13H17BrFN3O3. The second kappa shape index (κ2) is 8.58. The van der Waals surface area contributed by atoms with Crippen LogP contribution >= 0.6 is 15.9 Å². The summed E-state index contributed by atoms with van der Waals surface area (Å²) < 4.78 is 19.3. The number of nitrogens with two attached hydrogens (primary N) is 1. The van der Waals surface area contributed by atoms with Gasteiger partial charge in [-0.3, -0.25) is 4.79 Å². The largest absolute Gasteiger partial charge is 0.409 e. The van der Waals surface area contributed by atoms with Gasteiger partial charge >= 0.3 is 0 Å². The van der Waals surface area contributed by atoms with E-state index in [9.17, 15) is 9.18 Å². The highest BCUT2D eigenvalue weighted by atomic mass is 79.9. The van der Waals surface area contributed by atoms with Gasteiger partial charge in [0.2, 0.25) is 0 Å². The van der Waals surface area contributed by atoms with Gasteiger partial charge in [-0.1, -0.05) is 21.1 Å². The topological polar surface area (TPSA) is 88.2 Å². The van der Waals surface area contributed by atoms with Crippen LogP contribution in [0.2, 0.25) is 0 Å². The van der Waals surface area contributed by atoms with Crippen LogP contribution in [0.4, 0.5) is 4.39 Å². The first kappa shape index (κ1) is 17.4. The fraction of sp³-hybridized carbons (Fsp3) is 0.385. The van der Waals surface area contributed by atoms with Gasteiger partial charge in [0.15, 0.2) is 0 Å². The SMILES string of the molecule is COCCN(CCC(N)=NO)C(=O)c1cc(Br)ccc1F. The predicted octanol–water partition coefficient (Wildman–Crippen LogP) is 1.81. The normalized spacial score (nSPS) is 11.5. The molecule has 0 spiro atoms. The summed E-state index contributed by atoms with van der Waals surface area (Å²) in [6, 6.07) is 4.15. The lowest BCUT2D eigenvalue weighted by Gasteiger charge is -2.22. The minimum Gasteiger partial charge on any atom is -0.409 e. The van der Waals surface area contributed by atoms with E-state index in [0.717, 1.165) is 0 Å². The van der Waals surface area contributed by atoms with Crippen LogP contribution in [0.25, 0.3) is 0 Å². The molecule has 0 heterocycles. The van der Waals surface area contributed by atoms with Gasteiger partial charge in [0, 0.05) is 31.1 Å². The Morgan fingerprint density at radius 2 is 2.24 bits per heavy atom. The summed E-state index contributed by atoms with van der Waals surface area (Å²) in [6.45, 7) is 0.779. The highest BCUT2D eigenvalue weighted by molar-refractivity contribution is 9.10. The lowest BCUT2D eigenvalue weighted by molar-refractivity contribution is 0.0696. The second-order valence-corrected chi connectivity index (χ2v) is 5.17. The van der Waals surface area contributed by atoms with E-state index >= 15 is 0 Å². The van der Waals surface area contributed by atoms with Crippen molar-refractivity contribution in [1.29, 1.82) is 0 Å². The van der Waals surface area contributed by atoms with E-state index in [1.54, 1.807) is 0 Å². The number of oxime groups is 1. The van der Waals surface area contributed by atoms with Crippen molar-refractivity contribution in [2.45, 2.75) is 6.42 Å². The lowest BCUT2D eigenvalue weighted by Crippen LogP contribution is -2.37. The molecule has 1 aromatic rings. The smallest absolute Gasteiger partial charge is 0.256 e. The molecule has 1 aromatic carbocycles. The molecule has 0 aliphatic heterocycles. The molecule has 116 valence electrons. The summed E-state index contributed by atoms with van der Waals surface area (Å²) in [5.41, 5.74) is 5.35. The van der Waals surface area contributed by atoms with Crippen molar-refractivity contribution in [1.82, 2.24) is 4.90 Å². The average molecular weight is 362 g/mol. The highest BCUT2D eigenvalue weighted by Gasteiger charge is 2.19. The maximum absolute atomic E-state index is 13.8. The molecule has 0 saturated carbocycles. The number of carbonyl (C=O) groups is 1. The molecule has 3 N–H and O–H groups in total. The molecule has 0 unspecified atom stereocenters. The number of hydrogen-bond donors (Lipinski definition) is 2. The van der Waals surface area contributed by atoms with E-state index in [-0.39, 0.29) is 30.9 Å². The first-order chi connectivity index (χ1) is 9.99. The Kier molecular flexibility index (Phi) is 7.10. The molecular weight excluding hydrogens is 345 g/mol. The Hall–Kier alpha value is -1.67. The van der Waals surface area contributed by atoms with Crippen molar-refractivity contribution in [2.75, 3.05) is 26.8 Å². The molecule has 0 aromatic heterocycles. The number of hydrogen-bond acceptors (Lipinski definition) is 4. The number of amides is 1. The molecule has 0 fully saturated rings. The number of amidine groups is 1. The number of ether oxygens (including phenoxy) is 1. The zero-order valence-electron chi connectivity index (χ0n) is 11.6. The Balaban J connectivity index is 2.90. The van der Waals surface area contributed by atoms with Crippen molar-refractivity contribution in [3.05, 3.63) is 34.1 Å². The Labute approximate surface area is 130 Å². The third kappa shape index (κ3) is 5.31. The summed E-state index contributed by atoms with van der Waals surface area (Å²) in [7, 11) is 1.51. The maximum Gasteiger partial charge on any atom is 0.256 e. The van der Waals surface area contributed by atoms with Crippen molar-refractivity contribution in [3.8, 4) is 0 Å². The fourth-order valence-corrected chi connectivity index (χ4v) is 2.01. The Morgan fingerprint density at radius 1 is 1.52 bits per heavy atom. The molecule has 0 aliphatic rings. The Morgan fingerprint density at radius 3 is 2.86 bits per heavy atom. The number of rotatable bonds is 7. The molecule has 0 aliphatic carbocycles. The van der Waals surface area contributed by atoms with Crippen molar-refractivity contribution in [3.63, 3.8) is 0 Å². The van der Waals surface area contributed by atoms with E-state index in [4.69, 9.17) is 15.7 Å². The van der Waals surface area contributed by atoms with E-state index in [1.807, 2.05) is 0 Å². The highest BCUT2D eigenvalue weighted by Crippen LogP contribution is 2.17. The number of nitrogens with zero attached hydrogens (tertiary/aromatic N) is 2. The minimum absolute atomic E-state index is 0.0000639. The molecule has 0 saturated heterocycles. The lowest BCUT2D eigenvalue weighted by atomic mass is 10.1. The quantitative estimate of drug-likeness (QED) is 0.335. The summed E-state index contributed by atoms with van der Waals surface area (Å²) in [5.74, 6) is -1.08. The van der Waals surface area contributed by atoms with E-state index in [2.05, 4.69) is 21.1 Å². The number of methoxy groups -OCH3 is 1. The first-order valence-corrected chi connectivity index (χ1v) is 6.98. The van der Waals surface area contributed by atoms with Crippen LogP contribution in [0.5, 0.6) is 0 Å². The van der Waals surface area contributed by atoms with Crippen molar-refractivity contribution in [2.24, 2.45) is 10.9 Å². The van der Waals surface area contributed by atoms with Crippen LogP contribution in [0.1, 0.15) is 16.8 Å². The van der Waals surface area contributed by atoms with E-state index in [0.29, 0.717) is 11.1 Å². The molecule has 0 bridgehead atoms. The number of halogens is 2. The van der Waals surface area contributed by atoms with Gasteiger partial charge in [-0.15, -0.1) is 0 Å². The Bertz CT molecular complexity index is 525. The first-order valence-electron chi connectivity index (χ1n) is 6.19. The van der Waals surface area contributed by atoms with Gasteiger partial charge in [0.1, 0.15) is 11.7 Å². The van der Waals surface area contributed by atoms with E-state index in [1.165, 1.54) is 30.2 Å². The molecule has 0 radical (unpaired) electrons. The zero-order chi connectivity index (χ0) is 15.8.